The summed E-state index contributed by atoms with van der Waals surface area (Å²) in [5.74, 6) is 5.38. The fourth-order valence-electron chi connectivity index (χ4n) is 1.69. The van der Waals surface area contributed by atoms with Crippen LogP contribution in [0.4, 0.5) is 0 Å². The van der Waals surface area contributed by atoms with Crippen molar-refractivity contribution in [3.05, 3.63) is 35.4 Å². The molecular formula is C15H24N2O2. The normalized spacial score (nSPS) is 12.5. The van der Waals surface area contributed by atoms with Crippen LogP contribution in [0.3, 0.4) is 0 Å². The molecule has 19 heavy (non-hydrogen) atoms. The molecule has 3 N–H and O–H groups in total. The van der Waals surface area contributed by atoms with E-state index in [1.807, 2.05) is 31.2 Å². The van der Waals surface area contributed by atoms with E-state index in [0.29, 0.717) is 12.5 Å². The van der Waals surface area contributed by atoms with Crippen LogP contribution in [0.5, 0.6) is 0 Å². The molecule has 1 atom stereocenters. The molecule has 0 aliphatic rings. The molecule has 0 saturated carbocycles. The molecule has 0 fully saturated rings. The predicted molar refractivity (Wildman–Crippen MR) is 76.3 cm³/mol. The van der Waals surface area contributed by atoms with Crippen molar-refractivity contribution < 1.29 is 9.53 Å². The maximum atomic E-state index is 11.4. The first kappa shape index (κ1) is 15.7. The quantitative estimate of drug-likeness (QED) is 0.344. The second-order valence-electron chi connectivity index (χ2n) is 5.21. The van der Waals surface area contributed by atoms with Crippen LogP contribution in [0.25, 0.3) is 0 Å². The molecule has 0 saturated heterocycles. The van der Waals surface area contributed by atoms with Crippen molar-refractivity contribution in [2.45, 2.75) is 39.7 Å². The lowest BCUT2D eigenvalue weighted by Crippen LogP contribution is -2.33. The van der Waals surface area contributed by atoms with Crippen molar-refractivity contribution in [1.29, 1.82) is 0 Å². The highest BCUT2D eigenvalue weighted by Gasteiger charge is 2.13. The minimum absolute atomic E-state index is 0.180. The molecule has 106 valence electrons. The fraction of sp³-hybridized carbons (Fsp3) is 0.533. The molecule has 0 aromatic heterocycles. The number of amides is 1. The molecule has 1 rings (SSSR count). The highest BCUT2D eigenvalue weighted by Crippen LogP contribution is 2.16. The van der Waals surface area contributed by atoms with Gasteiger partial charge in [-0.15, -0.1) is 0 Å². The van der Waals surface area contributed by atoms with Gasteiger partial charge in [0.1, 0.15) is 0 Å². The van der Waals surface area contributed by atoms with E-state index in [1.54, 1.807) is 0 Å². The lowest BCUT2D eigenvalue weighted by atomic mass is 9.99. The highest BCUT2D eigenvalue weighted by atomic mass is 16.5. The van der Waals surface area contributed by atoms with Crippen molar-refractivity contribution >= 4 is 5.91 Å². The van der Waals surface area contributed by atoms with E-state index in [2.05, 4.69) is 19.3 Å². The number of carbonyl (C=O) groups excluding carboxylic acids is 1. The number of ether oxygens (including phenoxy) is 1. The molecule has 0 aliphatic carbocycles. The van der Waals surface area contributed by atoms with E-state index in [9.17, 15) is 4.79 Å². The van der Waals surface area contributed by atoms with E-state index in [1.165, 1.54) is 0 Å². The Morgan fingerprint density at radius 2 is 1.89 bits per heavy atom. The lowest BCUT2D eigenvalue weighted by Gasteiger charge is -2.11. The number of hydrazine groups is 1. The summed E-state index contributed by atoms with van der Waals surface area (Å²) in [6.45, 7) is 7.59. The molecule has 4 heteroatoms. The van der Waals surface area contributed by atoms with Crippen molar-refractivity contribution in [2.75, 3.05) is 6.61 Å². The molecular weight excluding hydrogens is 240 g/mol. The molecule has 1 amide bonds. The summed E-state index contributed by atoms with van der Waals surface area (Å²) in [4.78, 5) is 11.4. The number of hydrogen-bond acceptors (Lipinski definition) is 3. The molecule has 0 bridgehead atoms. The van der Waals surface area contributed by atoms with Crippen LogP contribution in [-0.4, -0.2) is 12.5 Å². The van der Waals surface area contributed by atoms with Gasteiger partial charge in [0.15, 0.2) is 0 Å². The Morgan fingerprint density at radius 3 is 2.42 bits per heavy atom. The predicted octanol–water partition coefficient (Wildman–Crippen LogP) is 2.34. The van der Waals surface area contributed by atoms with Gasteiger partial charge in [0.25, 0.3) is 0 Å². The number of nitrogens with one attached hydrogen (secondary N) is 1. The maximum absolute atomic E-state index is 11.4. The average Bonchev–Trinajstić information content (AvgIpc) is 2.42. The third-order valence-corrected chi connectivity index (χ3v) is 3.12. The Morgan fingerprint density at radius 1 is 1.26 bits per heavy atom. The van der Waals surface area contributed by atoms with Gasteiger partial charge in [-0.2, -0.15) is 0 Å². The molecule has 1 aromatic rings. The van der Waals surface area contributed by atoms with Gasteiger partial charge in [0, 0.05) is 6.61 Å². The van der Waals surface area contributed by atoms with Gasteiger partial charge >= 0.3 is 0 Å². The van der Waals surface area contributed by atoms with Crippen LogP contribution in [0.2, 0.25) is 0 Å². The zero-order valence-electron chi connectivity index (χ0n) is 12.0. The van der Waals surface area contributed by atoms with Crippen molar-refractivity contribution in [2.24, 2.45) is 11.8 Å². The number of nitrogens with two attached hydrogens (primary N) is 1. The number of hydrogen-bond donors (Lipinski definition) is 2. The van der Waals surface area contributed by atoms with Crippen molar-refractivity contribution in [3.63, 3.8) is 0 Å². The monoisotopic (exact) mass is 264 g/mol. The Kier molecular flexibility index (Phi) is 6.53. The smallest absolute Gasteiger partial charge is 0.241 e. The van der Waals surface area contributed by atoms with E-state index in [4.69, 9.17) is 10.6 Å². The lowest BCUT2D eigenvalue weighted by molar-refractivity contribution is -0.122. The van der Waals surface area contributed by atoms with Crippen molar-refractivity contribution in [3.8, 4) is 0 Å². The summed E-state index contributed by atoms with van der Waals surface area (Å²) in [7, 11) is 0. The van der Waals surface area contributed by atoms with Gasteiger partial charge in [-0.3, -0.25) is 10.2 Å². The van der Waals surface area contributed by atoms with Crippen LogP contribution in [0.15, 0.2) is 24.3 Å². The van der Waals surface area contributed by atoms with Gasteiger partial charge in [0.05, 0.1) is 12.5 Å². The van der Waals surface area contributed by atoms with Gasteiger partial charge in [-0.1, -0.05) is 38.1 Å². The third kappa shape index (κ3) is 5.41. The summed E-state index contributed by atoms with van der Waals surface area (Å²) in [6.07, 6.45) is 1.08. The Hall–Kier alpha value is -1.39. The summed E-state index contributed by atoms with van der Waals surface area (Å²) < 4.78 is 5.60. The first-order valence-electron chi connectivity index (χ1n) is 6.71. The third-order valence-electron chi connectivity index (χ3n) is 3.12. The van der Waals surface area contributed by atoms with E-state index in [-0.39, 0.29) is 11.8 Å². The first-order valence-corrected chi connectivity index (χ1v) is 6.71. The second kappa shape index (κ2) is 7.92. The Labute approximate surface area is 115 Å². The van der Waals surface area contributed by atoms with E-state index < -0.39 is 0 Å². The number of benzene rings is 1. The molecule has 1 unspecified atom stereocenters. The molecule has 0 radical (unpaired) electrons. The zero-order valence-corrected chi connectivity index (χ0v) is 12.0. The van der Waals surface area contributed by atoms with E-state index in [0.717, 1.165) is 24.2 Å². The molecule has 4 nitrogen and oxygen atoms in total. The Balaban J connectivity index is 2.45. The summed E-state index contributed by atoms with van der Waals surface area (Å²) in [5.41, 5.74) is 4.24. The van der Waals surface area contributed by atoms with Crippen LogP contribution in [-0.2, 0) is 16.1 Å². The molecule has 1 aromatic carbocycles. The van der Waals surface area contributed by atoms with Gasteiger partial charge < -0.3 is 4.74 Å². The van der Waals surface area contributed by atoms with Gasteiger partial charge in [0.2, 0.25) is 5.91 Å². The largest absolute Gasteiger partial charge is 0.377 e. The summed E-state index contributed by atoms with van der Waals surface area (Å²) >= 11 is 0. The summed E-state index contributed by atoms with van der Waals surface area (Å²) in [5, 5.41) is 0. The zero-order chi connectivity index (χ0) is 14.3. The van der Waals surface area contributed by atoms with Gasteiger partial charge in [-0.05, 0) is 30.4 Å². The van der Waals surface area contributed by atoms with Crippen molar-refractivity contribution in [1.82, 2.24) is 5.43 Å². The maximum Gasteiger partial charge on any atom is 0.241 e. The first-order chi connectivity index (χ1) is 9.04. The highest BCUT2D eigenvalue weighted by molar-refractivity contribution is 5.82. The van der Waals surface area contributed by atoms with Crippen LogP contribution in [0.1, 0.15) is 44.2 Å². The van der Waals surface area contributed by atoms with Crippen LogP contribution in [0, 0.1) is 5.92 Å². The standard InChI is InChI=1S/C15H24N2O2/c1-11(2)8-9-19-10-13-4-6-14(7-5-13)12(3)15(18)17-16/h4-7,11-12H,8-10,16H2,1-3H3,(H,17,18). The minimum atomic E-state index is -0.235. The van der Waals surface area contributed by atoms with Gasteiger partial charge in [-0.25, -0.2) is 5.84 Å². The minimum Gasteiger partial charge on any atom is -0.377 e. The SMILES string of the molecule is CC(C)CCOCc1ccc(C(C)C(=O)NN)cc1. The Bertz CT molecular complexity index is 388. The molecule has 0 spiro atoms. The number of carbonyl (C=O) groups is 1. The molecule has 0 aliphatic heterocycles. The van der Waals surface area contributed by atoms with Crippen LogP contribution < -0.4 is 11.3 Å². The molecule has 0 heterocycles. The number of rotatable bonds is 7. The fourth-order valence-corrected chi connectivity index (χ4v) is 1.69. The topological polar surface area (TPSA) is 64.3 Å². The van der Waals surface area contributed by atoms with Crippen LogP contribution >= 0.6 is 0 Å². The second-order valence-corrected chi connectivity index (χ2v) is 5.21. The van der Waals surface area contributed by atoms with E-state index >= 15 is 0 Å². The summed E-state index contributed by atoms with van der Waals surface area (Å²) in [6, 6.07) is 7.87. The average molecular weight is 264 g/mol.